The van der Waals surface area contributed by atoms with Crippen LogP contribution in [0.2, 0.25) is 0 Å². The molecule has 0 aliphatic heterocycles. The average molecular weight is 303 g/mol. The number of anilines is 1. The molecule has 21 heavy (non-hydrogen) atoms. The zero-order valence-corrected chi connectivity index (χ0v) is 11.3. The SMILES string of the molecule is NNc1nc(Oc2ccc([N+](=O)[O-])cc2)c2ccsc2n1. The number of benzene rings is 1. The Labute approximate surface area is 122 Å². The van der Waals surface area contributed by atoms with Crippen LogP contribution >= 0.6 is 11.3 Å². The molecule has 0 radical (unpaired) electrons. The van der Waals surface area contributed by atoms with E-state index in [9.17, 15) is 10.1 Å². The third-order valence-corrected chi connectivity index (χ3v) is 3.49. The van der Waals surface area contributed by atoms with E-state index in [1.807, 2.05) is 11.4 Å². The van der Waals surface area contributed by atoms with Gasteiger partial charge in [-0.2, -0.15) is 4.98 Å². The number of hydrogen-bond acceptors (Lipinski definition) is 8. The van der Waals surface area contributed by atoms with Gasteiger partial charge in [-0.25, -0.2) is 10.8 Å². The van der Waals surface area contributed by atoms with Crippen LogP contribution in [0.5, 0.6) is 11.6 Å². The molecule has 3 rings (SSSR count). The van der Waals surface area contributed by atoms with Crippen LogP contribution in [0.4, 0.5) is 11.6 Å². The van der Waals surface area contributed by atoms with Crippen molar-refractivity contribution < 1.29 is 9.66 Å². The van der Waals surface area contributed by atoms with Crippen LogP contribution in [0.1, 0.15) is 0 Å². The first-order valence-corrected chi connectivity index (χ1v) is 6.69. The number of nitro groups is 1. The summed E-state index contributed by atoms with van der Waals surface area (Å²) in [5.41, 5.74) is 2.37. The van der Waals surface area contributed by atoms with Crippen LogP contribution in [-0.4, -0.2) is 14.9 Å². The lowest BCUT2D eigenvalue weighted by molar-refractivity contribution is -0.384. The number of thiophene rings is 1. The van der Waals surface area contributed by atoms with Gasteiger partial charge in [0, 0.05) is 12.1 Å². The molecule has 9 heteroatoms. The van der Waals surface area contributed by atoms with E-state index in [2.05, 4.69) is 15.4 Å². The number of nitrogens with two attached hydrogens (primary N) is 1. The Bertz CT molecular complexity index is 802. The minimum atomic E-state index is -0.470. The van der Waals surface area contributed by atoms with Gasteiger partial charge >= 0.3 is 0 Å². The van der Waals surface area contributed by atoms with E-state index in [1.54, 1.807) is 0 Å². The molecule has 1 aromatic carbocycles. The van der Waals surface area contributed by atoms with E-state index < -0.39 is 4.92 Å². The van der Waals surface area contributed by atoms with Crippen LogP contribution in [0.3, 0.4) is 0 Å². The summed E-state index contributed by atoms with van der Waals surface area (Å²) >= 11 is 1.43. The molecule has 0 spiro atoms. The molecule has 2 aromatic heterocycles. The Hall–Kier alpha value is -2.78. The lowest BCUT2D eigenvalue weighted by Crippen LogP contribution is -2.10. The predicted molar refractivity (Wildman–Crippen MR) is 78.4 cm³/mol. The van der Waals surface area contributed by atoms with E-state index in [0.29, 0.717) is 11.6 Å². The van der Waals surface area contributed by atoms with E-state index in [4.69, 9.17) is 10.6 Å². The molecule has 0 aliphatic carbocycles. The number of nitrogens with one attached hydrogen (secondary N) is 1. The first-order chi connectivity index (χ1) is 10.2. The summed E-state index contributed by atoms with van der Waals surface area (Å²) in [4.78, 5) is 19.2. The molecule has 2 heterocycles. The quantitative estimate of drug-likeness (QED) is 0.432. The number of ether oxygens (including phenoxy) is 1. The summed E-state index contributed by atoms with van der Waals surface area (Å²) in [7, 11) is 0. The lowest BCUT2D eigenvalue weighted by atomic mass is 10.3. The minimum absolute atomic E-state index is 0.00460. The number of nitrogens with zero attached hydrogens (tertiary/aromatic N) is 3. The number of nitro benzene ring substituents is 1. The van der Waals surface area contributed by atoms with Gasteiger partial charge in [-0.1, -0.05) is 0 Å². The highest BCUT2D eigenvalue weighted by Crippen LogP contribution is 2.31. The summed E-state index contributed by atoms with van der Waals surface area (Å²) in [6.07, 6.45) is 0. The van der Waals surface area contributed by atoms with Crippen molar-refractivity contribution in [3.8, 4) is 11.6 Å². The highest BCUT2D eigenvalue weighted by molar-refractivity contribution is 7.16. The number of nitrogen functional groups attached to an aromatic ring is 1. The van der Waals surface area contributed by atoms with Crippen LogP contribution in [0.25, 0.3) is 10.2 Å². The monoisotopic (exact) mass is 303 g/mol. The van der Waals surface area contributed by atoms with E-state index in [-0.39, 0.29) is 11.6 Å². The minimum Gasteiger partial charge on any atom is -0.438 e. The summed E-state index contributed by atoms with van der Waals surface area (Å²) in [6, 6.07) is 7.58. The number of fused-ring (bicyclic) bond motifs is 1. The number of hydrazine groups is 1. The molecule has 0 fully saturated rings. The first kappa shape index (κ1) is 13.2. The van der Waals surface area contributed by atoms with E-state index >= 15 is 0 Å². The fraction of sp³-hybridized carbons (Fsp3) is 0. The third-order valence-electron chi connectivity index (χ3n) is 2.68. The molecule has 0 bridgehead atoms. The summed E-state index contributed by atoms with van der Waals surface area (Å²) in [5, 5.41) is 13.2. The standard InChI is InChI=1S/C12H9N5O3S/c13-16-12-14-10(9-5-6-21-11(9)15-12)20-8-3-1-7(2-4-8)17(18)19/h1-6H,13H2,(H,14,15,16). The maximum absolute atomic E-state index is 10.6. The Morgan fingerprint density at radius 2 is 2.00 bits per heavy atom. The highest BCUT2D eigenvalue weighted by atomic mass is 32.1. The predicted octanol–water partition coefficient (Wildman–Crippen LogP) is 2.68. The molecule has 0 aliphatic rings. The summed E-state index contributed by atoms with van der Waals surface area (Å²) in [6.45, 7) is 0. The molecule has 0 atom stereocenters. The van der Waals surface area contributed by atoms with Crippen LogP contribution in [0, 0.1) is 10.1 Å². The van der Waals surface area contributed by atoms with E-state index in [0.717, 1.165) is 10.2 Å². The summed E-state index contributed by atoms with van der Waals surface area (Å²) < 4.78 is 5.66. The largest absolute Gasteiger partial charge is 0.438 e. The van der Waals surface area contributed by atoms with Gasteiger partial charge in [0.2, 0.25) is 11.8 Å². The van der Waals surface area contributed by atoms with Crippen molar-refractivity contribution >= 4 is 33.2 Å². The third kappa shape index (κ3) is 2.59. The number of aromatic nitrogens is 2. The highest BCUT2D eigenvalue weighted by Gasteiger charge is 2.11. The van der Waals surface area contributed by atoms with Gasteiger partial charge in [-0.05, 0) is 23.6 Å². The second kappa shape index (κ2) is 5.31. The van der Waals surface area contributed by atoms with Crippen molar-refractivity contribution in [3.05, 3.63) is 45.8 Å². The molecular weight excluding hydrogens is 294 g/mol. The average Bonchev–Trinajstić information content (AvgIpc) is 2.96. The zero-order chi connectivity index (χ0) is 14.8. The van der Waals surface area contributed by atoms with Crippen LogP contribution in [0.15, 0.2) is 35.7 Å². The molecule has 0 saturated carbocycles. The molecule has 0 unspecified atom stereocenters. The number of hydrogen-bond donors (Lipinski definition) is 2. The maximum atomic E-state index is 10.6. The van der Waals surface area contributed by atoms with Gasteiger partial charge in [0.15, 0.2) is 0 Å². The Kier molecular flexibility index (Phi) is 3.34. The smallest absolute Gasteiger partial charge is 0.269 e. The lowest BCUT2D eigenvalue weighted by Gasteiger charge is -2.07. The normalized spacial score (nSPS) is 10.5. The molecule has 0 saturated heterocycles. The van der Waals surface area contributed by atoms with Crippen molar-refractivity contribution in [2.24, 2.45) is 5.84 Å². The molecule has 3 aromatic rings. The zero-order valence-electron chi connectivity index (χ0n) is 10.5. The maximum Gasteiger partial charge on any atom is 0.269 e. The fourth-order valence-electron chi connectivity index (χ4n) is 1.72. The van der Waals surface area contributed by atoms with Gasteiger partial charge in [-0.3, -0.25) is 15.5 Å². The van der Waals surface area contributed by atoms with E-state index in [1.165, 1.54) is 35.6 Å². The van der Waals surface area contributed by atoms with Gasteiger partial charge in [0.05, 0.1) is 10.3 Å². The van der Waals surface area contributed by atoms with Crippen molar-refractivity contribution in [2.45, 2.75) is 0 Å². The number of rotatable bonds is 4. The Morgan fingerprint density at radius 3 is 2.67 bits per heavy atom. The second-order valence-corrected chi connectivity index (χ2v) is 4.88. The van der Waals surface area contributed by atoms with Crippen molar-refractivity contribution in [3.63, 3.8) is 0 Å². The molecular formula is C12H9N5O3S. The van der Waals surface area contributed by atoms with Gasteiger partial charge in [0.1, 0.15) is 10.6 Å². The molecule has 106 valence electrons. The van der Waals surface area contributed by atoms with Crippen molar-refractivity contribution in [1.82, 2.24) is 9.97 Å². The van der Waals surface area contributed by atoms with Crippen molar-refractivity contribution in [1.29, 1.82) is 0 Å². The number of non-ortho nitro benzene ring substituents is 1. The van der Waals surface area contributed by atoms with Gasteiger partial charge in [-0.15, -0.1) is 11.3 Å². The summed E-state index contributed by atoms with van der Waals surface area (Å²) in [5.74, 6) is 6.34. The fourth-order valence-corrected chi connectivity index (χ4v) is 2.47. The second-order valence-electron chi connectivity index (χ2n) is 3.99. The Balaban J connectivity index is 1.97. The first-order valence-electron chi connectivity index (χ1n) is 5.81. The topological polar surface area (TPSA) is 116 Å². The Morgan fingerprint density at radius 1 is 1.24 bits per heavy atom. The molecule has 8 nitrogen and oxygen atoms in total. The van der Waals surface area contributed by atoms with Gasteiger partial charge < -0.3 is 4.74 Å². The van der Waals surface area contributed by atoms with Crippen LogP contribution < -0.4 is 16.0 Å². The molecule has 0 amide bonds. The molecule has 3 N–H and O–H groups in total. The van der Waals surface area contributed by atoms with Crippen LogP contribution in [-0.2, 0) is 0 Å². The van der Waals surface area contributed by atoms with Crippen molar-refractivity contribution in [2.75, 3.05) is 5.43 Å². The van der Waals surface area contributed by atoms with Gasteiger partial charge in [0.25, 0.3) is 5.69 Å².